The molecule has 0 unspecified atom stereocenters. The number of carbonyl (C=O) groups is 1. The van der Waals surface area contributed by atoms with Crippen molar-refractivity contribution in [2.75, 3.05) is 19.0 Å². The van der Waals surface area contributed by atoms with Crippen molar-refractivity contribution in [3.05, 3.63) is 108 Å². The number of ether oxygens (including phenoxy) is 2. The first-order valence-corrected chi connectivity index (χ1v) is 11.9. The molecule has 38 heavy (non-hydrogen) atoms. The molecule has 192 valence electrons. The van der Waals surface area contributed by atoms with E-state index < -0.39 is 0 Å². The Morgan fingerprint density at radius 1 is 1.05 bits per heavy atom. The molecule has 0 aliphatic rings. The first-order chi connectivity index (χ1) is 18.5. The van der Waals surface area contributed by atoms with E-state index in [1.165, 1.54) is 18.2 Å². The molecular formula is C29H25FN4O4. The van der Waals surface area contributed by atoms with Crippen LogP contribution in [0.3, 0.4) is 0 Å². The van der Waals surface area contributed by atoms with Crippen LogP contribution in [0.2, 0.25) is 0 Å². The lowest BCUT2D eigenvalue weighted by Crippen LogP contribution is -2.12. The van der Waals surface area contributed by atoms with Crippen molar-refractivity contribution >= 4 is 11.6 Å². The predicted octanol–water partition coefficient (Wildman–Crippen LogP) is 5.86. The number of nitrogens with zero attached hydrogens (tertiary/aromatic N) is 3. The number of rotatable bonds is 9. The maximum Gasteiger partial charge on any atom is 0.336 e. The molecule has 2 aromatic heterocycles. The van der Waals surface area contributed by atoms with Crippen LogP contribution in [0.15, 0.2) is 89.5 Å². The first kappa shape index (κ1) is 24.8. The minimum atomic E-state index is -0.359. The molecule has 1 amide bonds. The molecule has 9 heteroatoms. The van der Waals surface area contributed by atoms with E-state index in [1.54, 1.807) is 55.3 Å². The van der Waals surface area contributed by atoms with Gasteiger partial charge in [0.25, 0.3) is 5.91 Å². The predicted molar refractivity (Wildman–Crippen MR) is 140 cm³/mol. The van der Waals surface area contributed by atoms with E-state index >= 15 is 0 Å². The van der Waals surface area contributed by atoms with Gasteiger partial charge < -0.3 is 19.2 Å². The summed E-state index contributed by atoms with van der Waals surface area (Å²) in [5, 5.41) is 7.39. The lowest BCUT2D eigenvalue weighted by molar-refractivity contribution is 0.102. The minimum Gasteiger partial charge on any atom is -0.497 e. The van der Waals surface area contributed by atoms with Crippen molar-refractivity contribution in [2.45, 2.75) is 13.3 Å². The summed E-state index contributed by atoms with van der Waals surface area (Å²) < 4.78 is 31.8. The van der Waals surface area contributed by atoms with Gasteiger partial charge in [-0.1, -0.05) is 18.2 Å². The zero-order valence-corrected chi connectivity index (χ0v) is 20.8. The number of hydrogen-bond donors (Lipinski definition) is 1. The van der Waals surface area contributed by atoms with Crippen LogP contribution in [-0.2, 0) is 6.42 Å². The maximum atomic E-state index is 13.6. The molecule has 5 aromatic rings. The number of nitrogens with one attached hydrogen (secondary N) is 1. The number of carbonyl (C=O) groups excluding carboxylic acids is 1. The van der Waals surface area contributed by atoms with Crippen molar-refractivity contribution in [1.82, 2.24) is 14.8 Å². The molecule has 1 N–H and O–H groups in total. The smallest absolute Gasteiger partial charge is 0.336 e. The number of anilines is 1. The van der Waals surface area contributed by atoms with Crippen molar-refractivity contribution in [3.63, 3.8) is 0 Å². The number of hydrogen-bond acceptors (Lipinski definition) is 6. The zero-order valence-electron chi connectivity index (χ0n) is 20.8. The van der Waals surface area contributed by atoms with Crippen molar-refractivity contribution in [2.24, 2.45) is 0 Å². The van der Waals surface area contributed by atoms with E-state index in [9.17, 15) is 9.18 Å². The number of furan rings is 1. The standard InChI is InChI=1S/C29H25FN4O4/c1-19-17-21(10-13-25(19)30)28(35)31-22-5-3-6-23(18-22)34-27(26-7-4-15-37-26)32-29(33-34)38-16-14-20-8-11-24(36-2)12-9-20/h3-13,15,17-18H,14,16H2,1-2H3,(H,31,35). The Morgan fingerprint density at radius 3 is 2.63 bits per heavy atom. The first-order valence-electron chi connectivity index (χ1n) is 11.9. The molecule has 0 spiro atoms. The Morgan fingerprint density at radius 2 is 1.89 bits per heavy atom. The van der Waals surface area contributed by atoms with E-state index in [0.29, 0.717) is 47.1 Å². The quantitative estimate of drug-likeness (QED) is 0.266. The number of methoxy groups -OCH3 is 1. The van der Waals surface area contributed by atoms with Crippen LogP contribution in [0.25, 0.3) is 17.3 Å². The highest BCUT2D eigenvalue weighted by Gasteiger charge is 2.18. The fourth-order valence-electron chi connectivity index (χ4n) is 3.86. The van der Waals surface area contributed by atoms with E-state index in [2.05, 4.69) is 15.4 Å². The Labute approximate surface area is 218 Å². The van der Waals surface area contributed by atoms with Crippen LogP contribution in [-0.4, -0.2) is 34.4 Å². The van der Waals surface area contributed by atoms with Crippen LogP contribution in [0.5, 0.6) is 11.8 Å². The summed E-state index contributed by atoms with van der Waals surface area (Å²) in [5.74, 6) is 1.05. The van der Waals surface area contributed by atoms with Gasteiger partial charge in [-0.15, -0.1) is 5.10 Å². The second kappa shape index (κ2) is 11.0. The number of halogens is 1. The normalized spacial score (nSPS) is 10.8. The van der Waals surface area contributed by atoms with Crippen LogP contribution >= 0.6 is 0 Å². The SMILES string of the molecule is COc1ccc(CCOc2nc(-c3ccco3)n(-c3cccc(NC(=O)c4ccc(F)c(C)c4)c3)n2)cc1. The third kappa shape index (κ3) is 5.57. The summed E-state index contributed by atoms with van der Waals surface area (Å²) in [6, 6.07) is 22.9. The Hall–Kier alpha value is -4.92. The third-order valence-electron chi connectivity index (χ3n) is 5.88. The van der Waals surface area contributed by atoms with Crippen LogP contribution < -0.4 is 14.8 Å². The highest BCUT2D eigenvalue weighted by molar-refractivity contribution is 6.04. The van der Waals surface area contributed by atoms with Crippen LogP contribution in [0.4, 0.5) is 10.1 Å². The topological polar surface area (TPSA) is 91.4 Å². The molecular weight excluding hydrogens is 487 g/mol. The second-order valence-corrected chi connectivity index (χ2v) is 8.52. The van der Waals surface area contributed by atoms with Gasteiger partial charge in [-0.05, 0) is 78.7 Å². The lowest BCUT2D eigenvalue weighted by atomic mass is 10.1. The summed E-state index contributed by atoms with van der Waals surface area (Å²) in [5.41, 5.74) is 3.03. The molecule has 3 aromatic carbocycles. The van der Waals surface area contributed by atoms with Crippen LogP contribution in [0.1, 0.15) is 21.5 Å². The average molecular weight is 513 g/mol. The summed E-state index contributed by atoms with van der Waals surface area (Å²) >= 11 is 0. The van der Waals surface area contributed by atoms with Gasteiger partial charge in [-0.25, -0.2) is 9.07 Å². The summed E-state index contributed by atoms with van der Waals surface area (Å²) in [7, 11) is 1.63. The fourth-order valence-corrected chi connectivity index (χ4v) is 3.86. The van der Waals surface area contributed by atoms with Gasteiger partial charge in [0.1, 0.15) is 11.6 Å². The van der Waals surface area contributed by atoms with E-state index in [0.717, 1.165) is 11.3 Å². The maximum absolute atomic E-state index is 13.6. The van der Waals surface area contributed by atoms with Gasteiger partial charge in [0.05, 0.1) is 25.7 Å². The van der Waals surface area contributed by atoms with Gasteiger partial charge in [-0.3, -0.25) is 4.79 Å². The number of aryl methyl sites for hydroxylation is 1. The largest absolute Gasteiger partial charge is 0.497 e. The van der Waals surface area contributed by atoms with E-state index in [4.69, 9.17) is 13.9 Å². The number of benzene rings is 3. The van der Waals surface area contributed by atoms with Gasteiger partial charge in [-0.2, -0.15) is 4.98 Å². The molecule has 2 heterocycles. The molecule has 0 bridgehead atoms. The van der Waals surface area contributed by atoms with Crippen molar-refractivity contribution in [1.29, 1.82) is 0 Å². The molecule has 0 radical (unpaired) electrons. The fraction of sp³-hybridized carbons (Fsp3) is 0.138. The molecule has 0 saturated carbocycles. The number of aromatic nitrogens is 3. The highest BCUT2D eigenvalue weighted by Crippen LogP contribution is 2.26. The molecule has 0 aliphatic heterocycles. The van der Waals surface area contributed by atoms with Crippen molar-refractivity contribution in [3.8, 4) is 29.0 Å². The van der Waals surface area contributed by atoms with Gasteiger partial charge in [0, 0.05) is 17.7 Å². The zero-order chi connectivity index (χ0) is 26.5. The molecule has 0 saturated heterocycles. The Kier molecular flexibility index (Phi) is 7.17. The summed E-state index contributed by atoms with van der Waals surface area (Å²) in [4.78, 5) is 17.3. The minimum absolute atomic E-state index is 0.195. The number of amides is 1. The summed E-state index contributed by atoms with van der Waals surface area (Å²) in [6.07, 6.45) is 2.22. The molecule has 0 fully saturated rings. The highest BCUT2D eigenvalue weighted by atomic mass is 19.1. The van der Waals surface area contributed by atoms with Gasteiger partial charge in [0.2, 0.25) is 5.82 Å². The second-order valence-electron chi connectivity index (χ2n) is 8.52. The monoisotopic (exact) mass is 512 g/mol. The van der Waals surface area contributed by atoms with Crippen molar-refractivity contribution < 1.29 is 23.1 Å². The Bertz CT molecular complexity index is 1550. The Balaban J connectivity index is 1.35. The third-order valence-corrected chi connectivity index (χ3v) is 5.88. The van der Waals surface area contributed by atoms with Gasteiger partial charge in [0.15, 0.2) is 5.76 Å². The molecule has 0 atom stereocenters. The lowest BCUT2D eigenvalue weighted by Gasteiger charge is -2.09. The molecule has 8 nitrogen and oxygen atoms in total. The van der Waals surface area contributed by atoms with Crippen LogP contribution in [0, 0.1) is 12.7 Å². The van der Waals surface area contributed by atoms with E-state index in [1.807, 2.05) is 30.3 Å². The van der Waals surface area contributed by atoms with E-state index in [-0.39, 0.29) is 17.7 Å². The average Bonchev–Trinajstić information content (AvgIpc) is 3.61. The summed E-state index contributed by atoms with van der Waals surface area (Å²) in [6.45, 7) is 1.99. The molecule has 0 aliphatic carbocycles. The van der Waals surface area contributed by atoms with Gasteiger partial charge >= 0.3 is 6.01 Å². The molecule has 5 rings (SSSR count).